The number of hydrogen-bond acceptors (Lipinski definition) is 5. The molecule has 106 valence electrons. The lowest BCUT2D eigenvalue weighted by molar-refractivity contribution is 0.298. The van der Waals surface area contributed by atoms with Crippen LogP contribution in [0.5, 0.6) is 17.6 Å². The topological polar surface area (TPSA) is 56.3 Å². The fourth-order valence-corrected chi connectivity index (χ4v) is 1.65. The van der Waals surface area contributed by atoms with Crippen molar-refractivity contribution in [1.82, 2.24) is 15.3 Å². The largest absolute Gasteiger partial charge is 0.478 e. The molecule has 2 aromatic rings. The number of ether oxygens (including phenoxy) is 2. The Labute approximate surface area is 119 Å². The van der Waals surface area contributed by atoms with Crippen LogP contribution in [0, 0.1) is 0 Å². The van der Waals surface area contributed by atoms with Gasteiger partial charge in [-0.25, -0.2) is 4.98 Å². The summed E-state index contributed by atoms with van der Waals surface area (Å²) in [6, 6.07) is 9.82. The van der Waals surface area contributed by atoms with Gasteiger partial charge in [-0.1, -0.05) is 19.1 Å². The SMILES string of the molecule is CCCOc1ccnc(Oc2ccc(CNC)cc2)n1. The first kappa shape index (κ1) is 14.3. The second-order valence-electron chi connectivity index (χ2n) is 4.30. The van der Waals surface area contributed by atoms with Crippen molar-refractivity contribution in [1.29, 1.82) is 0 Å². The number of benzene rings is 1. The molecule has 0 spiro atoms. The summed E-state index contributed by atoms with van der Waals surface area (Å²) in [5.74, 6) is 1.24. The molecule has 0 radical (unpaired) electrons. The Morgan fingerprint density at radius 3 is 2.65 bits per heavy atom. The summed E-state index contributed by atoms with van der Waals surface area (Å²) >= 11 is 0. The molecule has 0 aliphatic rings. The number of aromatic nitrogens is 2. The van der Waals surface area contributed by atoms with Gasteiger partial charge in [-0.2, -0.15) is 4.98 Å². The van der Waals surface area contributed by atoms with E-state index in [2.05, 4.69) is 15.3 Å². The Bertz CT molecular complexity index is 529. The molecule has 20 heavy (non-hydrogen) atoms. The Kier molecular flexibility index (Phi) is 5.32. The Hall–Kier alpha value is -2.14. The second-order valence-corrected chi connectivity index (χ2v) is 4.30. The number of rotatable bonds is 7. The van der Waals surface area contributed by atoms with Crippen LogP contribution in [0.2, 0.25) is 0 Å². The minimum absolute atomic E-state index is 0.292. The van der Waals surface area contributed by atoms with Crippen LogP contribution >= 0.6 is 0 Å². The lowest BCUT2D eigenvalue weighted by Crippen LogP contribution is -2.04. The van der Waals surface area contributed by atoms with Crippen LogP contribution in [-0.2, 0) is 6.54 Å². The Morgan fingerprint density at radius 2 is 1.95 bits per heavy atom. The molecule has 0 aliphatic carbocycles. The minimum atomic E-state index is 0.292. The summed E-state index contributed by atoms with van der Waals surface area (Å²) in [5.41, 5.74) is 1.20. The number of nitrogens with one attached hydrogen (secondary N) is 1. The molecule has 0 saturated heterocycles. The van der Waals surface area contributed by atoms with E-state index in [9.17, 15) is 0 Å². The highest BCUT2D eigenvalue weighted by Crippen LogP contribution is 2.19. The van der Waals surface area contributed by atoms with Crippen molar-refractivity contribution in [3.8, 4) is 17.6 Å². The van der Waals surface area contributed by atoms with Gasteiger partial charge in [0, 0.05) is 18.8 Å². The van der Waals surface area contributed by atoms with E-state index in [-0.39, 0.29) is 0 Å². The van der Waals surface area contributed by atoms with Crippen LogP contribution in [0.3, 0.4) is 0 Å². The van der Waals surface area contributed by atoms with E-state index in [0.717, 1.165) is 13.0 Å². The molecule has 1 heterocycles. The molecule has 0 unspecified atom stereocenters. The van der Waals surface area contributed by atoms with Gasteiger partial charge >= 0.3 is 6.01 Å². The summed E-state index contributed by atoms with van der Waals surface area (Å²) in [5, 5.41) is 3.10. The third kappa shape index (κ3) is 4.20. The van der Waals surface area contributed by atoms with Gasteiger partial charge in [0.2, 0.25) is 5.88 Å². The molecule has 5 nitrogen and oxygen atoms in total. The Morgan fingerprint density at radius 1 is 1.15 bits per heavy atom. The fourth-order valence-electron chi connectivity index (χ4n) is 1.65. The van der Waals surface area contributed by atoms with Crippen molar-refractivity contribution in [3.63, 3.8) is 0 Å². The predicted octanol–water partition coefficient (Wildman–Crippen LogP) is 2.78. The van der Waals surface area contributed by atoms with Gasteiger partial charge in [0.05, 0.1) is 6.61 Å². The minimum Gasteiger partial charge on any atom is -0.478 e. The average molecular weight is 273 g/mol. The molecular weight excluding hydrogens is 254 g/mol. The second kappa shape index (κ2) is 7.45. The first-order chi connectivity index (χ1) is 9.81. The van der Waals surface area contributed by atoms with Crippen molar-refractivity contribution < 1.29 is 9.47 Å². The fraction of sp³-hybridized carbons (Fsp3) is 0.333. The molecule has 5 heteroatoms. The van der Waals surface area contributed by atoms with E-state index in [1.165, 1.54) is 5.56 Å². The van der Waals surface area contributed by atoms with Gasteiger partial charge in [-0.05, 0) is 31.2 Å². The van der Waals surface area contributed by atoms with Crippen molar-refractivity contribution in [3.05, 3.63) is 42.1 Å². The average Bonchev–Trinajstić information content (AvgIpc) is 2.48. The zero-order chi connectivity index (χ0) is 14.2. The molecule has 1 aromatic heterocycles. The van der Waals surface area contributed by atoms with E-state index in [1.807, 2.05) is 38.2 Å². The summed E-state index contributed by atoms with van der Waals surface area (Å²) in [6.07, 6.45) is 2.57. The molecule has 0 amide bonds. The van der Waals surface area contributed by atoms with Crippen LogP contribution in [0.15, 0.2) is 36.5 Å². The molecule has 0 saturated carbocycles. The first-order valence-corrected chi connectivity index (χ1v) is 6.69. The standard InChI is InChI=1S/C15H19N3O2/c1-3-10-19-14-8-9-17-15(18-14)20-13-6-4-12(5-7-13)11-16-2/h4-9,16H,3,10-11H2,1-2H3. The van der Waals surface area contributed by atoms with Crippen molar-refractivity contribution in [2.45, 2.75) is 19.9 Å². The van der Waals surface area contributed by atoms with Gasteiger partial charge in [-0.3, -0.25) is 0 Å². The highest BCUT2D eigenvalue weighted by molar-refractivity contribution is 5.29. The number of nitrogens with zero attached hydrogens (tertiary/aromatic N) is 2. The third-order valence-electron chi connectivity index (χ3n) is 2.58. The third-order valence-corrected chi connectivity index (χ3v) is 2.58. The van der Waals surface area contributed by atoms with Crippen molar-refractivity contribution in [2.75, 3.05) is 13.7 Å². The monoisotopic (exact) mass is 273 g/mol. The smallest absolute Gasteiger partial charge is 0.325 e. The van der Waals surface area contributed by atoms with Crippen LogP contribution in [-0.4, -0.2) is 23.6 Å². The summed E-state index contributed by atoms with van der Waals surface area (Å²) in [4.78, 5) is 8.27. The zero-order valence-corrected chi connectivity index (χ0v) is 11.8. The van der Waals surface area contributed by atoms with Crippen LogP contribution in [0.4, 0.5) is 0 Å². The van der Waals surface area contributed by atoms with E-state index >= 15 is 0 Å². The maximum atomic E-state index is 5.61. The molecular formula is C15H19N3O2. The molecule has 0 atom stereocenters. The van der Waals surface area contributed by atoms with E-state index in [1.54, 1.807) is 12.3 Å². The van der Waals surface area contributed by atoms with Gasteiger partial charge in [0.15, 0.2) is 0 Å². The molecule has 0 bridgehead atoms. The molecule has 0 fully saturated rings. The van der Waals surface area contributed by atoms with Crippen LogP contribution in [0.25, 0.3) is 0 Å². The quantitative estimate of drug-likeness (QED) is 0.840. The maximum absolute atomic E-state index is 5.61. The summed E-state index contributed by atoms with van der Waals surface area (Å²) in [6.45, 7) is 3.51. The number of hydrogen-bond donors (Lipinski definition) is 1. The summed E-state index contributed by atoms with van der Waals surface area (Å²) in [7, 11) is 1.92. The van der Waals surface area contributed by atoms with Crippen molar-refractivity contribution in [2.24, 2.45) is 0 Å². The van der Waals surface area contributed by atoms with Crippen LogP contribution in [0.1, 0.15) is 18.9 Å². The van der Waals surface area contributed by atoms with Gasteiger partial charge in [0.1, 0.15) is 5.75 Å². The van der Waals surface area contributed by atoms with Gasteiger partial charge < -0.3 is 14.8 Å². The van der Waals surface area contributed by atoms with E-state index < -0.39 is 0 Å². The lowest BCUT2D eigenvalue weighted by atomic mass is 10.2. The lowest BCUT2D eigenvalue weighted by Gasteiger charge is -2.07. The summed E-state index contributed by atoms with van der Waals surface area (Å²) < 4.78 is 11.1. The van der Waals surface area contributed by atoms with Crippen LogP contribution < -0.4 is 14.8 Å². The maximum Gasteiger partial charge on any atom is 0.325 e. The van der Waals surface area contributed by atoms with E-state index in [0.29, 0.717) is 24.2 Å². The predicted molar refractivity (Wildman–Crippen MR) is 77.1 cm³/mol. The highest BCUT2D eigenvalue weighted by Gasteiger charge is 2.03. The molecule has 1 aromatic carbocycles. The molecule has 2 rings (SSSR count). The van der Waals surface area contributed by atoms with Crippen molar-refractivity contribution >= 4 is 0 Å². The van der Waals surface area contributed by atoms with E-state index in [4.69, 9.17) is 9.47 Å². The zero-order valence-electron chi connectivity index (χ0n) is 11.8. The molecule has 0 aliphatic heterocycles. The van der Waals surface area contributed by atoms with Gasteiger partial charge in [-0.15, -0.1) is 0 Å². The molecule has 1 N–H and O–H groups in total. The highest BCUT2D eigenvalue weighted by atomic mass is 16.5. The normalized spacial score (nSPS) is 10.3. The Balaban J connectivity index is 2.01. The first-order valence-electron chi connectivity index (χ1n) is 6.69. The van der Waals surface area contributed by atoms with Gasteiger partial charge in [0.25, 0.3) is 0 Å².